The highest BCUT2D eigenvalue weighted by Crippen LogP contribution is 2.41. The molecule has 10 aromatic rings. The van der Waals surface area contributed by atoms with E-state index in [0.717, 1.165) is 61.1 Å². The highest BCUT2D eigenvalue weighted by Gasteiger charge is 2.17. The van der Waals surface area contributed by atoms with Gasteiger partial charge in [-0.3, -0.25) is 0 Å². The maximum absolute atomic E-state index is 6.48. The van der Waals surface area contributed by atoms with Crippen LogP contribution in [-0.4, -0.2) is 4.98 Å². The van der Waals surface area contributed by atoms with Crippen LogP contribution in [0.1, 0.15) is 0 Å². The third-order valence-corrected chi connectivity index (χ3v) is 9.85. The zero-order valence-corrected chi connectivity index (χ0v) is 26.6. The number of hydrogen-bond acceptors (Lipinski definition) is 2. The van der Waals surface area contributed by atoms with E-state index in [9.17, 15) is 0 Å². The lowest BCUT2D eigenvalue weighted by Crippen LogP contribution is -1.91. The lowest BCUT2D eigenvalue weighted by Gasteiger charge is -2.12. The van der Waals surface area contributed by atoms with E-state index in [1.54, 1.807) is 0 Å². The molecule has 0 aliphatic heterocycles. The van der Waals surface area contributed by atoms with Gasteiger partial charge in [-0.05, 0) is 91.0 Å². The third kappa shape index (κ3) is 4.53. The molecule has 0 atom stereocenters. The summed E-state index contributed by atoms with van der Waals surface area (Å²) >= 11 is 0. The molecule has 0 spiro atoms. The van der Waals surface area contributed by atoms with Crippen LogP contribution in [-0.2, 0) is 0 Å². The quantitative estimate of drug-likeness (QED) is 0.182. The van der Waals surface area contributed by atoms with Crippen molar-refractivity contribution in [3.05, 3.63) is 176 Å². The molecule has 2 nitrogen and oxygen atoms in total. The van der Waals surface area contributed by atoms with Crippen molar-refractivity contribution in [2.75, 3.05) is 0 Å². The van der Waals surface area contributed by atoms with Crippen LogP contribution in [0.25, 0.3) is 99.0 Å². The average Bonchev–Trinajstić information content (AvgIpc) is 3.57. The van der Waals surface area contributed by atoms with Crippen LogP contribution in [0.2, 0.25) is 0 Å². The fraction of sp³-hybridized carbons (Fsp3) is 0. The van der Waals surface area contributed by atoms with Gasteiger partial charge in [0.05, 0.1) is 11.4 Å². The molecular weight excluding hydrogens is 595 g/mol. The predicted octanol–water partition coefficient (Wildman–Crippen LogP) is 13.1. The summed E-state index contributed by atoms with van der Waals surface area (Å²) in [5, 5.41) is 9.82. The van der Waals surface area contributed by atoms with Gasteiger partial charge in [-0.1, -0.05) is 140 Å². The molecule has 2 heteroatoms. The first-order valence-electron chi connectivity index (χ1n) is 16.7. The number of aromatic nitrogens is 1. The van der Waals surface area contributed by atoms with Crippen LogP contribution in [0.4, 0.5) is 0 Å². The number of nitrogens with zero attached hydrogens (tertiary/aromatic N) is 1. The fourth-order valence-corrected chi connectivity index (χ4v) is 7.53. The van der Waals surface area contributed by atoms with E-state index < -0.39 is 0 Å². The Hall–Kier alpha value is -6.51. The minimum Gasteiger partial charge on any atom is -0.456 e. The second-order valence-corrected chi connectivity index (χ2v) is 12.7. The Bertz CT molecular complexity index is 2770. The number of hydrogen-bond donors (Lipinski definition) is 0. The van der Waals surface area contributed by atoms with Gasteiger partial charge in [0.15, 0.2) is 0 Å². The topological polar surface area (TPSA) is 26.0 Å². The summed E-state index contributed by atoms with van der Waals surface area (Å²) < 4.78 is 6.48. The molecule has 228 valence electrons. The standard InChI is InChI=1S/C47H29NO/c1-3-12-30(13-4-1)34-28-43(31-14-5-2-6-15-31)48-44(29-34)40-20-11-21-46-47(40)42-27-33(23-25-45(42)49-46)32-22-24-39-37-18-8-7-16-35(37)36-17-9-10-19-38(36)41(39)26-32/h1-29H. The van der Waals surface area contributed by atoms with E-state index in [1.165, 1.54) is 37.9 Å². The summed E-state index contributed by atoms with van der Waals surface area (Å²) in [5.74, 6) is 0. The van der Waals surface area contributed by atoms with Crippen molar-refractivity contribution in [3.8, 4) is 44.8 Å². The molecule has 0 saturated carbocycles. The summed E-state index contributed by atoms with van der Waals surface area (Å²) in [6, 6.07) is 62.6. The van der Waals surface area contributed by atoms with Crippen molar-refractivity contribution in [2.24, 2.45) is 0 Å². The molecule has 2 heterocycles. The summed E-state index contributed by atoms with van der Waals surface area (Å²) in [4.78, 5) is 5.26. The second kappa shape index (κ2) is 11.0. The highest BCUT2D eigenvalue weighted by atomic mass is 16.3. The minimum atomic E-state index is 0.855. The van der Waals surface area contributed by atoms with E-state index in [0.29, 0.717) is 0 Å². The fourth-order valence-electron chi connectivity index (χ4n) is 7.53. The SMILES string of the molecule is c1ccc(-c2cc(-c3ccccc3)nc(-c3cccc4oc5ccc(-c6ccc7c8ccccc8c8ccccc8c7c6)cc5c34)c2)cc1. The van der Waals surface area contributed by atoms with Gasteiger partial charge in [0, 0.05) is 21.9 Å². The summed E-state index contributed by atoms with van der Waals surface area (Å²) in [5.41, 5.74) is 10.3. The van der Waals surface area contributed by atoms with Crippen LogP contribution in [0.3, 0.4) is 0 Å². The molecule has 0 aliphatic rings. The van der Waals surface area contributed by atoms with Gasteiger partial charge >= 0.3 is 0 Å². The number of fused-ring (bicyclic) bond motifs is 9. The van der Waals surface area contributed by atoms with Crippen molar-refractivity contribution in [2.45, 2.75) is 0 Å². The maximum atomic E-state index is 6.48. The number of rotatable bonds is 4. The highest BCUT2D eigenvalue weighted by molar-refractivity contribution is 6.25. The van der Waals surface area contributed by atoms with Gasteiger partial charge < -0.3 is 4.42 Å². The van der Waals surface area contributed by atoms with Crippen LogP contribution in [0, 0.1) is 0 Å². The van der Waals surface area contributed by atoms with E-state index in [2.05, 4.69) is 170 Å². The monoisotopic (exact) mass is 623 g/mol. The Balaban J connectivity index is 1.19. The molecule has 8 aromatic carbocycles. The van der Waals surface area contributed by atoms with Crippen molar-refractivity contribution in [1.82, 2.24) is 4.98 Å². The molecular formula is C47H29NO. The van der Waals surface area contributed by atoms with Crippen molar-refractivity contribution >= 4 is 54.3 Å². The van der Waals surface area contributed by atoms with Crippen molar-refractivity contribution in [3.63, 3.8) is 0 Å². The first-order valence-corrected chi connectivity index (χ1v) is 16.7. The third-order valence-electron chi connectivity index (χ3n) is 9.85. The zero-order valence-electron chi connectivity index (χ0n) is 26.6. The van der Waals surface area contributed by atoms with Crippen LogP contribution >= 0.6 is 0 Å². The van der Waals surface area contributed by atoms with Crippen molar-refractivity contribution < 1.29 is 4.42 Å². The number of benzene rings is 8. The largest absolute Gasteiger partial charge is 0.456 e. The summed E-state index contributed by atoms with van der Waals surface area (Å²) in [7, 11) is 0. The van der Waals surface area contributed by atoms with Gasteiger partial charge in [-0.15, -0.1) is 0 Å². The Morgan fingerprint density at radius 2 is 0.857 bits per heavy atom. The first kappa shape index (κ1) is 27.6. The molecule has 0 fully saturated rings. The molecule has 0 N–H and O–H groups in total. The number of pyridine rings is 1. The maximum Gasteiger partial charge on any atom is 0.136 e. The van der Waals surface area contributed by atoms with Gasteiger partial charge in [0.25, 0.3) is 0 Å². The van der Waals surface area contributed by atoms with E-state index >= 15 is 0 Å². The van der Waals surface area contributed by atoms with Gasteiger partial charge in [0.2, 0.25) is 0 Å². The molecule has 2 aromatic heterocycles. The van der Waals surface area contributed by atoms with Gasteiger partial charge in [-0.25, -0.2) is 4.98 Å². The van der Waals surface area contributed by atoms with E-state index in [-0.39, 0.29) is 0 Å². The van der Waals surface area contributed by atoms with Gasteiger partial charge in [-0.2, -0.15) is 0 Å². The summed E-state index contributed by atoms with van der Waals surface area (Å²) in [6.45, 7) is 0. The van der Waals surface area contributed by atoms with Crippen LogP contribution in [0.5, 0.6) is 0 Å². The average molecular weight is 624 g/mol. The molecule has 49 heavy (non-hydrogen) atoms. The predicted molar refractivity (Wildman–Crippen MR) is 206 cm³/mol. The summed E-state index contributed by atoms with van der Waals surface area (Å²) in [6.07, 6.45) is 0. The molecule has 10 rings (SSSR count). The molecule has 0 bridgehead atoms. The molecule has 0 unspecified atom stereocenters. The second-order valence-electron chi connectivity index (χ2n) is 12.7. The Morgan fingerprint density at radius 1 is 0.306 bits per heavy atom. The van der Waals surface area contributed by atoms with E-state index in [4.69, 9.17) is 9.40 Å². The molecule has 0 saturated heterocycles. The lowest BCUT2D eigenvalue weighted by molar-refractivity contribution is 0.669. The number of furan rings is 1. The Morgan fingerprint density at radius 3 is 1.55 bits per heavy atom. The van der Waals surface area contributed by atoms with Crippen LogP contribution in [0.15, 0.2) is 180 Å². The Labute approximate surface area is 283 Å². The smallest absolute Gasteiger partial charge is 0.136 e. The zero-order chi connectivity index (χ0) is 32.3. The van der Waals surface area contributed by atoms with Crippen LogP contribution < -0.4 is 0 Å². The molecule has 0 aliphatic carbocycles. The Kier molecular flexibility index (Phi) is 6.22. The normalized spacial score (nSPS) is 11.7. The lowest BCUT2D eigenvalue weighted by atomic mass is 9.91. The molecule has 0 radical (unpaired) electrons. The van der Waals surface area contributed by atoms with Crippen molar-refractivity contribution in [1.29, 1.82) is 0 Å². The molecule has 0 amide bonds. The van der Waals surface area contributed by atoms with E-state index in [1.807, 2.05) is 6.07 Å². The minimum absolute atomic E-state index is 0.855. The van der Waals surface area contributed by atoms with Gasteiger partial charge in [0.1, 0.15) is 11.2 Å². The first-order chi connectivity index (χ1) is 24.3.